The van der Waals surface area contributed by atoms with E-state index in [4.69, 9.17) is 9.97 Å². The van der Waals surface area contributed by atoms with Gasteiger partial charge in [0.05, 0.1) is 22.4 Å². The molecule has 0 aliphatic heterocycles. The summed E-state index contributed by atoms with van der Waals surface area (Å²) in [5.74, 6) is 0.701. The van der Waals surface area contributed by atoms with Gasteiger partial charge in [0.25, 0.3) is 0 Å². The number of aromatic nitrogens is 3. The number of benzene rings is 8. The molecule has 4 heteroatoms. The second-order valence-corrected chi connectivity index (χ2v) is 14.9. The second-order valence-electron chi connectivity index (χ2n) is 13.8. The third-order valence-corrected chi connectivity index (χ3v) is 11.8. The number of hydrogen-bond acceptors (Lipinski definition) is 3. The topological polar surface area (TPSA) is 30.7 Å². The van der Waals surface area contributed by atoms with Crippen molar-refractivity contribution in [3.8, 4) is 50.7 Å². The van der Waals surface area contributed by atoms with E-state index in [1.165, 1.54) is 63.9 Å². The van der Waals surface area contributed by atoms with Crippen molar-refractivity contribution in [2.75, 3.05) is 0 Å². The Bertz CT molecular complexity index is 3160. The molecule has 0 fully saturated rings. The minimum Gasteiger partial charge on any atom is -0.309 e. The fourth-order valence-corrected chi connectivity index (χ4v) is 9.02. The number of thiophene rings is 1. The van der Waals surface area contributed by atoms with Gasteiger partial charge in [0.1, 0.15) is 0 Å². The highest BCUT2D eigenvalue weighted by Crippen LogP contribution is 2.38. The molecule has 3 aromatic heterocycles. The summed E-state index contributed by atoms with van der Waals surface area (Å²) in [7, 11) is 0. The van der Waals surface area contributed by atoms with Crippen LogP contribution in [0.2, 0.25) is 0 Å². The summed E-state index contributed by atoms with van der Waals surface area (Å²) >= 11 is 1.86. The van der Waals surface area contributed by atoms with Crippen LogP contribution in [0.15, 0.2) is 188 Å². The Labute approximate surface area is 316 Å². The summed E-state index contributed by atoms with van der Waals surface area (Å²) in [5, 5.41) is 7.52. The summed E-state index contributed by atoms with van der Waals surface area (Å²) in [6.45, 7) is 0. The molecular formula is C50H31N3S. The molecule has 0 amide bonds. The van der Waals surface area contributed by atoms with E-state index in [1.807, 2.05) is 17.4 Å². The number of hydrogen-bond donors (Lipinski definition) is 0. The van der Waals surface area contributed by atoms with E-state index in [9.17, 15) is 0 Å². The fraction of sp³-hybridized carbons (Fsp3) is 0. The monoisotopic (exact) mass is 705 g/mol. The molecule has 0 spiro atoms. The van der Waals surface area contributed by atoms with Crippen molar-refractivity contribution >= 4 is 64.1 Å². The predicted molar refractivity (Wildman–Crippen MR) is 229 cm³/mol. The Morgan fingerprint density at radius 2 is 0.889 bits per heavy atom. The summed E-state index contributed by atoms with van der Waals surface area (Å²) in [5.41, 5.74) is 10.8. The molecule has 0 bridgehead atoms. The molecule has 0 saturated heterocycles. The van der Waals surface area contributed by atoms with E-state index >= 15 is 0 Å². The van der Waals surface area contributed by atoms with Crippen molar-refractivity contribution in [1.82, 2.24) is 14.5 Å². The first-order valence-electron chi connectivity index (χ1n) is 18.2. The van der Waals surface area contributed by atoms with Gasteiger partial charge in [0.15, 0.2) is 5.82 Å². The Balaban J connectivity index is 0.982. The summed E-state index contributed by atoms with van der Waals surface area (Å²) in [6.07, 6.45) is 0. The van der Waals surface area contributed by atoms with Gasteiger partial charge in [-0.25, -0.2) is 9.97 Å². The maximum Gasteiger partial charge on any atom is 0.160 e. The van der Waals surface area contributed by atoms with Crippen molar-refractivity contribution < 1.29 is 0 Å². The molecule has 0 saturated carbocycles. The van der Waals surface area contributed by atoms with Crippen LogP contribution in [0.5, 0.6) is 0 Å². The Hall–Kier alpha value is -6.88. The number of nitrogens with zero attached hydrogens (tertiary/aromatic N) is 3. The largest absolute Gasteiger partial charge is 0.309 e. The van der Waals surface area contributed by atoms with Crippen LogP contribution < -0.4 is 0 Å². The van der Waals surface area contributed by atoms with Crippen LogP contribution in [0.25, 0.3) is 103 Å². The highest BCUT2D eigenvalue weighted by atomic mass is 32.1. The molecule has 3 nitrogen and oxygen atoms in total. The lowest BCUT2D eigenvalue weighted by Crippen LogP contribution is -1.97. The smallest absolute Gasteiger partial charge is 0.160 e. The summed E-state index contributed by atoms with van der Waals surface area (Å²) in [4.78, 5) is 10.3. The molecule has 0 atom stereocenters. The van der Waals surface area contributed by atoms with Crippen LogP contribution in [0.3, 0.4) is 0 Å². The van der Waals surface area contributed by atoms with E-state index in [-0.39, 0.29) is 0 Å². The van der Waals surface area contributed by atoms with Crippen LogP contribution >= 0.6 is 11.3 Å². The molecule has 0 radical (unpaired) electrons. The molecule has 11 rings (SSSR count). The quantitative estimate of drug-likeness (QED) is 0.178. The highest BCUT2D eigenvalue weighted by Gasteiger charge is 2.15. The SMILES string of the molecule is c1ccc(-c2cc(-c3ccc4cc(-c5ccc6sc7ccccc7c6c5)ccc4c3)nc(-c3ccc(-n4c5ccccc5c5ccccc54)cc3)n2)cc1. The van der Waals surface area contributed by atoms with Crippen LogP contribution in [0.4, 0.5) is 0 Å². The first kappa shape index (κ1) is 30.7. The molecule has 54 heavy (non-hydrogen) atoms. The zero-order valence-electron chi connectivity index (χ0n) is 29.1. The maximum absolute atomic E-state index is 5.20. The molecule has 0 aliphatic rings. The average Bonchev–Trinajstić information content (AvgIpc) is 3.79. The minimum atomic E-state index is 0.701. The number of fused-ring (bicyclic) bond motifs is 7. The van der Waals surface area contributed by atoms with Crippen LogP contribution in [0.1, 0.15) is 0 Å². The van der Waals surface area contributed by atoms with Crippen LogP contribution in [-0.4, -0.2) is 14.5 Å². The third-order valence-electron chi connectivity index (χ3n) is 10.6. The van der Waals surface area contributed by atoms with Crippen molar-refractivity contribution in [3.05, 3.63) is 188 Å². The first-order chi connectivity index (χ1) is 26.7. The first-order valence-corrected chi connectivity index (χ1v) is 19.0. The van der Waals surface area contributed by atoms with Gasteiger partial charge in [0, 0.05) is 53.3 Å². The van der Waals surface area contributed by atoms with E-state index in [0.717, 1.165) is 33.8 Å². The standard InChI is InChI=1S/C50H31N3S/c1-2-10-32(11-3-1)44-31-45(52-50(51-44)33-22-25-39(26-23-33)53-46-15-7-4-12-40(46)41-13-5-8-16-47(41)53)38-21-20-34-28-35(18-19-36(34)29-38)37-24-27-49-43(30-37)42-14-6-9-17-48(42)54-49/h1-31H. The van der Waals surface area contributed by atoms with Gasteiger partial charge in [-0.3, -0.25) is 0 Å². The zero-order chi connectivity index (χ0) is 35.6. The zero-order valence-corrected chi connectivity index (χ0v) is 30.0. The minimum absolute atomic E-state index is 0.701. The van der Waals surface area contributed by atoms with Gasteiger partial charge in [-0.2, -0.15) is 0 Å². The molecule has 252 valence electrons. The van der Waals surface area contributed by atoms with Gasteiger partial charge in [-0.15, -0.1) is 11.3 Å². The molecule has 8 aromatic carbocycles. The van der Waals surface area contributed by atoms with Gasteiger partial charge < -0.3 is 4.57 Å². The van der Waals surface area contributed by atoms with Crippen molar-refractivity contribution in [2.45, 2.75) is 0 Å². The summed E-state index contributed by atoms with van der Waals surface area (Å²) < 4.78 is 4.99. The van der Waals surface area contributed by atoms with Gasteiger partial charge in [-0.1, -0.05) is 115 Å². The molecule has 0 unspecified atom stereocenters. The lowest BCUT2D eigenvalue weighted by Gasteiger charge is -2.12. The van der Waals surface area contributed by atoms with Crippen LogP contribution in [0, 0.1) is 0 Å². The second kappa shape index (κ2) is 12.4. The van der Waals surface area contributed by atoms with Crippen molar-refractivity contribution in [3.63, 3.8) is 0 Å². The molecule has 3 heterocycles. The van der Waals surface area contributed by atoms with Gasteiger partial charge in [0.2, 0.25) is 0 Å². The van der Waals surface area contributed by atoms with Gasteiger partial charge in [-0.05, 0) is 94.7 Å². The summed E-state index contributed by atoms with van der Waals surface area (Å²) in [6, 6.07) is 67.3. The number of rotatable bonds is 5. The van der Waals surface area contributed by atoms with Gasteiger partial charge >= 0.3 is 0 Å². The Morgan fingerprint density at radius 1 is 0.352 bits per heavy atom. The van der Waals surface area contributed by atoms with E-state index in [0.29, 0.717) is 5.82 Å². The number of para-hydroxylation sites is 2. The fourth-order valence-electron chi connectivity index (χ4n) is 7.93. The molecular weight excluding hydrogens is 675 g/mol. The molecule has 0 aliphatic carbocycles. The van der Waals surface area contributed by atoms with E-state index in [1.54, 1.807) is 0 Å². The Morgan fingerprint density at radius 3 is 1.63 bits per heavy atom. The highest BCUT2D eigenvalue weighted by molar-refractivity contribution is 7.25. The van der Waals surface area contributed by atoms with Crippen molar-refractivity contribution in [2.24, 2.45) is 0 Å². The van der Waals surface area contributed by atoms with E-state index in [2.05, 4.69) is 187 Å². The third kappa shape index (κ3) is 5.11. The average molecular weight is 706 g/mol. The molecule has 0 N–H and O–H groups in total. The van der Waals surface area contributed by atoms with Crippen molar-refractivity contribution in [1.29, 1.82) is 0 Å². The van der Waals surface area contributed by atoms with Crippen LogP contribution in [-0.2, 0) is 0 Å². The Kier molecular flexibility index (Phi) is 7.04. The van der Waals surface area contributed by atoms with E-state index < -0.39 is 0 Å². The lowest BCUT2D eigenvalue weighted by atomic mass is 9.98. The maximum atomic E-state index is 5.20. The molecule has 11 aromatic rings. The predicted octanol–water partition coefficient (Wildman–Crippen LogP) is 13.8. The lowest BCUT2D eigenvalue weighted by molar-refractivity contribution is 1.16. The normalized spacial score (nSPS) is 11.7.